The molecule has 3 unspecified atom stereocenters. The van der Waals surface area contributed by atoms with Gasteiger partial charge in [0.15, 0.2) is 0 Å². The average Bonchev–Trinajstić information content (AvgIpc) is 3.20. The van der Waals surface area contributed by atoms with Gasteiger partial charge in [0.05, 0.1) is 36.2 Å². The van der Waals surface area contributed by atoms with Gasteiger partial charge in [0.1, 0.15) is 5.65 Å². The quantitative estimate of drug-likeness (QED) is 0.621. The number of benzene rings is 1. The predicted molar refractivity (Wildman–Crippen MR) is 130 cm³/mol. The lowest BCUT2D eigenvalue weighted by Gasteiger charge is -2.50. The summed E-state index contributed by atoms with van der Waals surface area (Å²) in [4.78, 5) is 22.3. The maximum Gasteiger partial charge on any atom is 0.320 e. The van der Waals surface area contributed by atoms with Gasteiger partial charge in [0, 0.05) is 49.4 Å². The smallest absolute Gasteiger partial charge is 0.320 e. The van der Waals surface area contributed by atoms with E-state index in [1.165, 1.54) is 0 Å². The maximum atomic E-state index is 13.4. The minimum Gasteiger partial charge on any atom is -0.373 e. The molecule has 0 spiro atoms. The number of imidazole rings is 1. The number of nitrogens with one attached hydrogen (secondary N) is 1. The number of aromatic nitrogens is 2. The number of pyridine rings is 1. The molecule has 1 N–H and O–H groups in total. The van der Waals surface area contributed by atoms with Crippen molar-refractivity contribution >= 4 is 23.3 Å². The molecule has 2 aliphatic heterocycles. The molecule has 0 saturated carbocycles. The van der Waals surface area contributed by atoms with Crippen molar-refractivity contribution in [3.8, 4) is 11.3 Å². The molecule has 0 radical (unpaired) electrons. The Balaban J connectivity index is 1.51. The highest BCUT2D eigenvalue weighted by molar-refractivity contribution is 6.30. The summed E-state index contributed by atoms with van der Waals surface area (Å²) in [5.41, 5.74) is 3.92. The summed E-state index contributed by atoms with van der Waals surface area (Å²) in [5.74, 6) is 0. The van der Waals surface area contributed by atoms with Crippen LogP contribution >= 0.6 is 11.6 Å². The number of rotatable bonds is 5. The number of morpholine rings is 1. The number of halogens is 1. The van der Waals surface area contributed by atoms with Crippen molar-refractivity contribution in [2.45, 2.75) is 38.5 Å². The molecule has 2 saturated heterocycles. The van der Waals surface area contributed by atoms with Gasteiger partial charge in [-0.05, 0) is 38.1 Å². The van der Waals surface area contributed by atoms with Crippen LogP contribution in [0.1, 0.15) is 19.5 Å². The highest BCUT2D eigenvalue weighted by Gasteiger charge is 2.44. The molecule has 2 bridgehead atoms. The number of hydrogen-bond acceptors (Lipinski definition) is 4. The van der Waals surface area contributed by atoms with Crippen LogP contribution in [-0.4, -0.2) is 76.2 Å². The maximum absolute atomic E-state index is 13.4. The van der Waals surface area contributed by atoms with Crippen LogP contribution in [0.5, 0.6) is 0 Å². The van der Waals surface area contributed by atoms with Crippen LogP contribution in [0.3, 0.4) is 0 Å². The topological polar surface area (TPSA) is 62.1 Å². The monoisotopic (exact) mass is 467 g/mol. The second-order valence-electron chi connectivity index (χ2n) is 8.66. The normalized spacial score (nSPS) is 22.5. The van der Waals surface area contributed by atoms with E-state index in [1.54, 1.807) is 0 Å². The van der Waals surface area contributed by atoms with Crippen LogP contribution < -0.4 is 5.32 Å². The fraction of sp³-hybridized carbons (Fsp3) is 0.440. The molecule has 5 rings (SSSR count). The number of fused-ring (bicyclic) bond motifs is 3. The second-order valence-corrected chi connectivity index (χ2v) is 9.10. The molecule has 3 atom stereocenters. The van der Waals surface area contributed by atoms with E-state index in [1.807, 2.05) is 67.4 Å². The van der Waals surface area contributed by atoms with Gasteiger partial charge in [-0.25, -0.2) is 9.78 Å². The van der Waals surface area contributed by atoms with Crippen LogP contribution in [-0.2, 0) is 11.2 Å². The third kappa shape index (κ3) is 4.09. The first kappa shape index (κ1) is 22.2. The van der Waals surface area contributed by atoms with Crippen molar-refractivity contribution in [3.63, 3.8) is 0 Å². The van der Waals surface area contributed by atoms with Gasteiger partial charge in [-0.2, -0.15) is 0 Å². The third-order valence-electron chi connectivity index (χ3n) is 6.81. The summed E-state index contributed by atoms with van der Waals surface area (Å²) in [6, 6.07) is 14.0. The predicted octanol–water partition coefficient (Wildman–Crippen LogP) is 3.70. The number of urea groups is 1. The van der Waals surface area contributed by atoms with Crippen molar-refractivity contribution in [3.05, 3.63) is 59.4 Å². The molecule has 33 heavy (non-hydrogen) atoms. The zero-order valence-corrected chi connectivity index (χ0v) is 19.8. The van der Waals surface area contributed by atoms with E-state index in [4.69, 9.17) is 21.3 Å². The number of carbonyl (C=O) groups is 1. The van der Waals surface area contributed by atoms with E-state index < -0.39 is 0 Å². The second kappa shape index (κ2) is 9.33. The molecule has 0 aliphatic carbocycles. The third-order valence-corrected chi connectivity index (χ3v) is 7.06. The zero-order valence-electron chi connectivity index (χ0n) is 19.1. The number of nitrogens with zero attached hydrogens (tertiary/aromatic N) is 4. The van der Waals surface area contributed by atoms with Gasteiger partial charge in [0.25, 0.3) is 0 Å². The Hall–Kier alpha value is -2.61. The van der Waals surface area contributed by atoms with Crippen molar-refractivity contribution in [2.24, 2.45) is 0 Å². The fourth-order valence-electron chi connectivity index (χ4n) is 5.08. The molecule has 2 fully saturated rings. The lowest BCUT2D eigenvalue weighted by Crippen LogP contribution is -2.70. The number of hydrogen-bond donors (Lipinski definition) is 1. The molecular weight excluding hydrogens is 438 g/mol. The molecule has 2 aromatic heterocycles. The molecule has 3 aromatic rings. The molecular formula is C25H30ClN5O2. The molecule has 7 nitrogen and oxygen atoms in total. The summed E-state index contributed by atoms with van der Waals surface area (Å²) in [7, 11) is 0. The Kier molecular flexibility index (Phi) is 6.27. The number of amides is 2. The van der Waals surface area contributed by atoms with Crippen LogP contribution in [0.25, 0.3) is 16.9 Å². The van der Waals surface area contributed by atoms with E-state index in [0.29, 0.717) is 31.1 Å². The Labute approximate surface area is 199 Å². The van der Waals surface area contributed by atoms with Crippen molar-refractivity contribution in [2.75, 3.05) is 32.8 Å². The summed E-state index contributed by atoms with van der Waals surface area (Å²) < 4.78 is 8.52. The van der Waals surface area contributed by atoms with Gasteiger partial charge in [-0.3, -0.25) is 0 Å². The van der Waals surface area contributed by atoms with Gasteiger partial charge >= 0.3 is 6.03 Å². The van der Waals surface area contributed by atoms with Gasteiger partial charge in [-0.1, -0.05) is 29.8 Å². The Bertz CT molecular complexity index is 1130. The van der Waals surface area contributed by atoms with Crippen LogP contribution in [0, 0.1) is 0 Å². The molecule has 2 aliphatic rings. The van der Waals surface area contributed by atoms with Crippen LogP contribution in [0.2, 0.25) is 5.02 Å². The van der Waals surface area contributed by atoms with Crippen LogP contribution in [0.15, 0.2) is 48.7 Å². The SMILES string of the molecule is CCN(CC)C(=O)N1C2CNCC1C(Cc1c(-c3ccc(Cl)cc3)nc3ccccn13)OC2. The minimum atomic E-state index is -0.125. The molecule has 2 amide bonds. The van der Waals surface area contributed by atoms with E-state index in [2.05, 4.69) is 14.6 Å². The molecule has 8 heteroatoms. The number of carbonyl (C=O) groups excluding carboxylic acids is 1. The Morgan fingerprint density at radius 3 is 2.73 bits per heavy atom. The standard InChI is InChI=1S/C25H30ClN5O2/c1-3-29(4-2)25(32)31-19-14-27-15-21(31)22(33-16-19)13-20-24(17-8-10-18(26)11-9-17)28-23-7-5-6-12-30(20)23/h5-12,19,21-22,27H,3-4,13-16H2,1-2H3. The summed E-state index contributed by atoms with van der Waals surface area (Å²) >= 11 is 6.13. The fourth-order valence-corrected chi connectivity index (χ4v) is 5.21. The molecule has 4 heterocycles. The van der Waals surface area contributed by atoms with Crippen molar-refractivity contribution in [1.29, 1.82) is 0 Å². The average molecular weight is 468 g/mol. The first-order valence-corrected chi connectivity index (χ1v) is 12.1. The number of ether oxygens (including phenoxy) is 1. The van der Waals surface area contributed by atoms with Crippen molar-refractivity contribution < 1.29 is 9.53 Å². The van der Waals surface area contributed by atoms with Gasteiger partial charge in [-0.15, -0.1) is 0 Å². The summed E-state index contributed by atoms with van der Waals surface area (Å²) in [6.07, 6.45) is 2.57. The summed E-state index contributed by atoms with van der Waals surface area (Å²) in [5, 5.41) is 4.22. The van der Waals surface area contributed by atoms with Crippen LogP contribution in [0.4, 0.5) is 4.79 Å². The minimum absolute atomic E-state index is 0.0297. The number of piperazine rings is 1. The van der Waals surface area contributed by atoms with Crippen molar-refractivity contribution in [1.82, 2.24) is 24.5 Å². The lowest BCUT2D eigenvalue weighted by atomic mass is 9.95. The van der Waals surface area contributed by atoms with E-state index in [-0.39, 0.29) is 24.2 Å². The van der Waals surface area contributed by atoms with E-state index in [0.717, 1.165) is 35.7 Å². The highest BCUT2D eigenvalue weighted by atomic mass is 35.5. The largest absolute Gasteiger partial charge is 0.373 e. The van der Waals surface area contributed by atoms with E-state index in [9.17, 15) is 4.79 Å². The Morgan fingerprint density at radius 1 is 1.18 bits per heavy atom. The molecule has 1 aromatic carbocycles. The Morgan fingerprint density at radius 2 is 1.97 bits per heavy atom. The van der Waals surface area contributed by atoms with E-state index >= 15 is 0 Å². The lowest BCUT2D eigenvalue weighted by molar-refractivity contribution is -0.0999. The first-order chi connectivity index (χ1) is 16.1. The summed E-state index contributed by atoms with van der Waals surface area (Å²) in [6.45, 7) is 7.50. The van der Waals surface area contributed by atoms with Gasteiger partial charge in [0.2, 0.25) is 0 Å². The first-order valence-electron chi connectivity index (χ1n) is 11.7. The van der Waals surface area contributed by atoms with Gasteiger partial charge < -0.3 is 24.3 Å². The highest BCUT2D eigenvalue weighted by Crippen LogP contribution is 2.31. The molecule has 174 valence electrons. The zero-order chi connectivity index (χ0) is 22.9.